The predicted octanol–water partition coefficient (Wildman–Crippen LogP) is 2.59. The van der Waals surface area contributed by atoms with Crippen LogP contribution in [0.25, 0.3) is 0 Å². The third-order valence-electron chi connectivity index (χ3n) is 7.55. The van der Waals surface area contributed by atoms with Gasteiger partial charge >= 0.3 is 6.18 Å². The number of Topliss-reactive ketones (excluding diaryl/α,β-unsaturated/α-hetero) is 1. The smallest absolute Gasteiger partial charge is 0.377 e. The predicted molar refractivity (Wildman–Crippen MR) is 141 cm³/mol. The van der Waals surface area contributed by atoms with E-state index in [9.17, 15) is 32.3 Å². The van der Waals surface area contributed by atoms with Gasteiger partial charge in [-0.05, 0) is 43.4 Å². The van der Waals surface area contributed by atoms with Crippen molar-refractivity contribution in [2.75, 3.05) is 19.8 Å². The summed E-state index contributed by atoms with van der Waals surface area (Å²) >= 11 is 0. The SMILES string of the molecule is O=C(NCc1ccccn1)C(=O)[C@@H](Cc1ccccc1)NC(=O)[C@H]1COCCN1C(=O)C1CCC(C(F)(F)F)CC1. The molecule has 1 saturated heterocycles. The van der Waals surface area contributed by atoms with Gasteiger partial charge in [0.2, 0.25) is 17.6 Å². The molecule has 1 aliphatic heterocycles. The molecule has 9 nitrogen and oxygen atoms in total. The van der Waals surface area contributed by atoms with E-state index in [0.29, 0.717) is 11.3 Å². The second-order valence-corrected chi connectivity index (χ2v) is 10.3. The number of aromatic nitrogens is 1. The Morgan fingerprint density at radius 3 is 2.37 bits per heavy atom. The van der Waals surface area contributed by atoms with Gasteiger partial charge in [0, 0.05) is 25.1 Å². The molecule has 3 amide bonds. The van der Waals surface area contributed by atoms with Crippen molar-refractivity contribution >= 4 is 23.5 Å². The molecule has 1 aromatic carbocycles. The summed E-state index contributed by atoms with van der Waals surface area (Å²) in [5.74, 6) is -4.88. The number of ketones is 1. The van der Waals surface area contributed by atoms with E-state index in [1.54, 1.807) is 54.7 Å². The molecule has 0 unspecified atom stereocenters. The number of amides is 3. The van der Waals surface area contributed by atoms with Crippen LogP contribution in [0.5, 0.6) is 0 Å². The maximum absolute atomic E-state index is 13.5. The molecule has 2 fully saturated rings. The number of nitrogens with one attached hydrogen (secondary N) is 2. The Hall–Kier alpha value is -3.80. The molecular weight excluding hydrogens is 541 g/mol. The highest BCUT2D eigenvalue weighted by molar-refractivity contribution is 6.38. The van der Waals surface area contributed by atoms with Gasteiger partial charge in [0.25, 0.3) is 5.91 Å². The minimum atomic E-state index is -4.29. The molecule has 2 N–H and O–H groups in total. The van der Waals surface area contributed by atoms with E-state index in [4.69, 9.17) is 4.74 Å². The van der Waals surface area contributed by atoms with Crippen LogP contribution in [0.15, 0.2) is 54.7 Å². The van der Waals surface area contributed by atoms with E-state index in [-0.39, 0.29) is 58.4 Å². The molecule has 2 aromatic rings. The summed E-state index contributed by atoms with van der Waals surface area (Å²) in [7, 11) is 0. The second-order valence-electron chi connectivity index (χ2n) is 10.3. The summed E-state index contributed by atoms with van der Waals surface area (Å²) in [6.45, 7) is 0.161. The van der Waals surface area contributed by atoms with Crippen LogP contribution in [0.3, 0.4) is 0 Å². The highest BCUT2D eigenvalue weighted by Crippen LogP contribution is 2.40. The second kappa shape index (κ2) is 13.7. The van der Waals surface area contributed by atoms with Crippen molar-refractivity contribution in [1.82, 2.24) is 20.5 Å². The molecule has 2 aliphatic rings. The van der Waals surface area contributed by atoms with Gasteiger partial charge in [-0.15, -0.1) is 0 Å². The number of carbonyl (C=O) groups excluding carboxylic acids is 4. The fraction of sp³-hybridized carbons (Fsp3) is 0.483. The first-order valence-corrected chi connectivity index (χ1v) is 13.6. The largest absolute Gasteiger partial charge is 0.391 e. The highest BCUT2D eigenvalue weighted by Gasteiger charge is 2.44. The molecule has 1 aromatic heterocycles. The Morgan fingerprint density at radius 1 is 1.00 bits per heavy atom. The van der Waals surface area contributed by atoms with Crippen LogP contribution in [-0.4, -0.2) is 71.4 Å². The number of morpholine rings is 1. The van der Waals surface area contributed by atoms with Crippen molar-refractivity contribution in [1.29, 1.82) is 0 Å². The van der Waals surface area contributed by atoms with Crippen molar-refractivity contribution < 1.29 is 37.1 Å². The number of benzene rings is 1. The van der Waals surface area contributed by atoms with Crippen LogP contribution < -0.4 is 10.6 Å². The first-order chi connectivity index (χ1) is 19.6. The number of pyridine rings is 1. The van der Waals surface area contributed by atoms with Gasteiger partial charge in [-0.25, -0.2) is 0 Å². The lowest BCUT2D eigenvalue weighted by molar-refractivity contribution is -0.186. The Labute approximate surface area is 235 Å². The van der Waals surface area contributed by atoms with Crippen molar-refractivity contribution in [2.45, 2.75) is 56.9 Å². The zero-order valence-corrected chi connectivity index (χ0v) is 22.4. The van der Waals surface area contributed by atoms with Gasteiger partial charge in [-0.1, -0.05) is 36.4 Å². The molecule has 0 bridgehead atoms. The highest BCUT2D eigenvalue weighted by atomic mass is 19.4. The third kappa shape index (κ3) is 8.12. The van der Waals surface area contributed by atoms with Crippen LogP contribution in [0.4, 0.5) is 13.2 Å². The quantitative estimate of drug-likeness (QED) is 0.445. The lowest BCUT2D eigenvalue weighted by atomic mass is 9.81. The summed E-state index contributed by atoms with van der Waals surface area (Å²) in [4.78, 5) is 58.2. The van der Waals surface area contributed by atoms with Gasteiger partial charge in [0.15, 0.2) is 0 Å². The fourth-order valence-electron chi connectivity index (χ4n) is 5.23. The van der Waals surface area contributed by atoms with E-state index in [1.165, 1.54) is 4.90 Å². The molecule has 0 radical (unpaired) electrons. The van der Waals surface area contributed by atoms with E-state index in [2.05, 4.69) is 15.6 Å². The molecule has 4 rings (SSSR count). The van der Waals surface area contributed by atoms with E-state index >= 15 is 0 Å². The number of carbonyl (C=O) groups is 4. The number of hydrogen-bond donors (Lipinski definition) is 2. The molecule has 0 spiro atoms. The number of hydrogen-bond acceptors (Lipinski definition) is 6. The first-order valence-electron chi connectivity index (χ1n) is 13.6. The molecular formula is C29H33F3N4O5. The number of ether oxygens (including phenoxy) is 1. The summed E-state index contributed by atoms with van der Waals surface area (Å²) < 4.78 is 44.8. The van der Waals surface area contributed by atoms with Gasteiger partial charge in [0.05, 0.1) is 31.4 Å². The molecule has 41 heavy (non-hydrogen) atoms. The minimum absolute atomic E-state index is 0.0206. The van der Waals surface area contributed by atoms with Gasteiger partial charge in [0.1, 0.15) is 12.1 Å². The van der Waals surface area contributed by atoms with Crippen LogP contribution in [-0.2, 0) is 36.9 Å². The maximum Gasteiger partial charge on any atom is 0.391 e. The third-order valence-corrected chi connectivity index (χ3v) is 7.55. The Bertz CT molecular complexity index is 1200. The van der Waals surface area contributed by atoms with Crippen molar-refractivity contribution in [2.24, 2.45) is 11.8 Å². The summed E-state index contributed by atoms with van der Waals surface area (Å²) in [6, 6.07) is 11.7. The van der Waals surface area contributed by atoms with E-state index < -0.39 is 53.6 Å². The van der Waals surface area contributed by atoms with Crippen molar-refractivity contribution in [3.05, 3.63) is 66.0 Å². The summed E-state index contributed by atoms with van der Waals surface area (Å²) in [5.41, 5.74) is 1.26. The number of halogens is 3. The van der Waals surface area contributed by atoms with Gasteiger partial charge in [-0.3, -0.25) is 24.2 Å². The Kier molecular flexibility index (Phi) is 10.1. The standard InChI is InChI=1S/C29H33F3N4O5/c30-29(31,32)21-11-9-20(10-12-21)28(40)36-14-15-41-18-24(36)26(38)35-23(16-19-6-2-1-3-7-19)25(37)27(39)34-17-22-8-4-5-13-33-22/h1-8,13,20-21,23-24H,9-12,14-18H2,(H,34,39)(H,35,38)/t20?,21?,23-,24-/m1/s1. The van der Waals surface area contributed by atoms with Crippen LogP contribution in [0, 0.1) is 11.8 Å². The average Bonchev–Trinajstić information content (AvgIpc) is 2.99. The van der Waals surface area contributed by atoms with Gasteiger partial charge < -0.3 is 20.3 Å². The van der Waals surface area contributed by atoms with Crippen LogP contribution in [0.2, 0.25) is 0 Å². The zero-order valence-electron chi connectivity index (χ0n) is 22.4. The monoisotopic (exact) mass is 574 g/mol. The summed E-state index contributed by atoms with van der Waals surface area (Å²) in [6.07, 6.45) is -2.81. The molecule has 2 atom stereocenters. The lowest BCUT2D eigenvalue weighted by Crippen LogP contribution is -2.60. The molecule has 1 saturated carbocycles. The number of alkyl halides is 3. The number of nitrogens with zero attached hydrogens (tertiary/aromatic N) is 2. The topological polar surface area (TPSA) is 118 Å². The molecule has 220 valence electrons. The fourth-order valence-corrected chi connectivity index (χ4v) is 5.23. The molecule has 1 aliphatic carbocycles. The normalized spacial score (nSPS) is 21.9. The maximum atomic E-state index is 13.5. The first kappa shape index (κ1) is 30.2. The van der Waals surface area contributed by atoms with Crippen LogP contribution in [0.1, 0.15) is 36.9 Å². The van der Waals surface area contributed by atoms with Crippen molar-refractivity contribution in [3.8, 4) is 0 Å². The Morgan fingerprint density at radius 2 is 1.71 bits per heavy atom. The van der Waals surface area contributed by atoms with E-state index in [1.807, 2.05) is 0 Å². The molecule has 2 heterocycles. The summed E-state index contributed by atoms with van der Waals surface area (Å²) in [5, 5.41) is 5.17. The minimum Gasteiger partial charge on any atom is -0.377 e. The van der Waals surface area contributed by atoms with Crippen LogP contribution >= 0.6 is 0 Å². The zero-order chi connectivity index (χ0) is 29.4. The molecule has 12 heteroatoms. The van der Waals surface area contributed by atoms with E-state index in [0.717, 1.165) is 0 Å². The van der Waals surface area contributed by atoms with Gasteiger partial charge in [-0.2, -0.15) is 13.2 Å². The average molecular weight is 575 g/mol. The Balaban J connectivity index is 1.44. The lowest BCUT2D eigenvalue weighted by Gasteiger charge is -2.39. The number of rotatable bonds is 9. The van der Waals surface area contributed by atoms with Crippen molar-refractivity contribution in [3.63, 3.8) is 0 Å².